The van der Waals surface area contributed by atoms with Crippen LogP contribution in [0.3, 0.4) is 0 Å². The van der Waals surface area contributed by atoms with Crippen molar-refractivity contribution in [1.29, 1.82) is 0 Å². The molecule has 0 saturated carbocycles. The zero-order valence-corrected chi connectivity index (χ0v) is 18.3. The number of nitrogens with zero attached hydrogens (tertiary/aromatic N) is 2. The van der Waals surface area contributed by atoms with Crippen LogP contribution in [0, 0.1) is 5.41 Å². The van der Waals surface area contributed by atoms with Crippen LogP contribution < -0.4 is 10.1 Å². The number of amides is 2. The molecule has 0 unspecified atom stereocenters. The summed E-state index contributed by atoms with van der Waals surface area (Å²) >= 11 is 0. The molecule has 6 heteroatoms. The molecule has 0 spiro atoms. The maximum Gasteiger partial charge on any atom is 0.232 e. The molecule has 2 atom stereocenters. The van der Waals surface area contributed by atoms with Crippen LogP contribution >= 0.6 is 0 Å². The molecule has 0 aliphatic carbocycles. The van der Waals surface area contributed by atoms with Crippen molar-refractivity contribution >= 4 is 17.5 Å². The van der Waals surface area contributed by atoms with Gasteiger partial charge in [-0.15, -0.1) is 0 Å². The lowest BCUT2D eigenvalue weighted by molar-refractivity contribution is -0.131. The van der Waals surface area contributed by atoms with Gasteiger partial charge in [0.1, 0.15) is 5.75 Å². The molecule has 2 saturated heterocycles. The van der Waals surface area contributed by atoms with E-state index in [0.717, 1.165) is 36.4 Å². The Morgan fingerprint density at radius 2 is 1.84 bits per heavy atom. The lowest BCUT2D eigenvalue weighted by atomic mass is 9.75. The second-order valence-corrected chi connectivity index (χ2v) is 8.67. The second-order valence-electron chi connectivity index (χ2n) is 8.67. The van der Waals surface area contributed by atoms with Gasteiger partial charge in [-0.05, 0) is 62.7 Å². The van der Waals surface area contributed by atoms with Gasteiger partial charge in [0, 0.05) is 24.8 Å². The standard InChI is InChI=1S/C25H31N3O3/c1-27-15-12-25(24(30)26-20-8-4-3-5-9-20)13-16-28(14-11-22(25)27)23(29)18-19-7-6-10-21(17-19)31-2/h3-10,17,22H,11-16,18H2,1-2H3,(H,26,30)/t22-,25-/m0/s1. The van der Waals surface area contributed by atoms with Crippen LogP contribution in [0.25, 0.3) is 0 Å². The molecule has 0 bridgehead atoms. The normalized spacial score (nSPS) is 23.7. The zero-order valence-electron chi connectivity index (χ0n) is 18.3. The summed E-state index contributed by atoms with van der Waals surface area (Å²) in [6.45, 7) is 2.19. The van der Waals surface area contributed by atoms with E-state index in [4.69, 9.17) is 4.74 Å². The molecule has 2 aromatic rings. The molecule has 2 amide bonds. The predicted octanol–water partition coefficient (Wildman–Crippen LogP) is 3.19. The molecular formula is C25H31N3O3. The molecule has 2 aliphatic rings. The summed E-state index contributed by atoms with van der Waals surface area (Å²) in [4.78, 5) is 30.7. The van der Waals surface area contributed by atoms with Gasteiger partial charge >= 0.3 is 0 Å². The molecule has 0 aromatic heterocycles. The Hall–Kier alpha value is -2.86. The average Bonchev–Trinajstić information content (AvgIpc) is 2.98. The van der Waals surface area contributed by atoms with Gasteiger partial charge in [0.25, 0.3) is 0 Å². The van der Waals surface area contributed by atoms with E-state index in [0.29, 0.717) is 25.9 Å². The van der Waals surface area contributed by atoms with Crippen LogP contribution in [0.5, 0.6) is 5.75 Å². The fourth-order valence-corrected chi connectivity index (χ4v) is 5.11. The van der Waals surface area contributed by atoms with E-state index in [1.54, 1.807) is 7.11 Å². The van der Waals surface area contributed by atoms with Crippen molar-refractivity contribution in [1.82, 2.24) is 9.80 Å². The summed E-state index contributed by atoms with van der Waals surface area (Å²) in [5, 5.41) is 3.14. The molecule has 2 aromatic carbocycles. The van der Waals surface area contributed by atoms with Gasteiger partial charge in [0.05, 0.1) is 18.9 Å². The first-order valence-corrected chi connectivity index (χ1v) is 11.0. The number of para-hydroxylation sites is 1. The number of nitrogens with one attached hydrogen (secondary N) is 1. The van der Waals surface area contributed by atoms with E-state index >= 15 is 0 Å². The Labute approximate surface area is 184 Å². The first-order valence-electron chi connectivity index (χ1n) is 11.0. The molecule has 164 valence electrons. The fourth-order valence-electron chi connectivity index (χ4n) is 5.11. The molecule has 2 aliphatic heterocycles. The molecule has 4 rings (SSSR count). The lowest BCUT2D eigenvalue weighted by Gasteiger charge is -2.34. The summed E-state index contributed by atoms with van der Waals surface area (Å²) in [6, 6.07) is 17.4. The number of anilines is 1. The van der Waals surface area contributed by atoms with Crippen LogP contribution in [0.2, 0.25) is 0 Å². The highest BCUT2D eigenvalue weighted by Gasteiger charge is 2.52. The van der Waals surface area contributed by atoms with Crippen LogP contribution in [0.15, 0.2) is 54.6 Å². The van der Waals surface area contributed by atoms with E-state index in [-0.39, 0.29) is 17.9 Å². The average molecular weight is 422 g/mol. The Bertz CT molecular complexity index is 933. The smallest absolute Gasteiger partial charge is 0.232 e. The zero-order chi connectivity index (χ0) is 21.8. The molecular weight excluding hydrogens is 390 g/mol. The molecule has 2 heterocycles. The highest BCUT2D eigenvalue weighted by atomic mass is 16.5. The maximum absolute atomic E-state index is 13.5. The number of hydrogen-bond donors (Lipinski definition) is 1. The van der Waals surface area contributed by atoms with Gasteiger partial charge in [0.2, 0.25) is 11.8 Å². The highest BCUT2D eigenvalue weighted by Crippen LogP contribution is 2.44. The topological polar surface area (TPSA) is 61.9 Å². The number of benzene rings is 2. The minimum absolute atomic E-state index is 0.0788. The largest absolute Gasteiger partial charge is 0.497 e. The summed E-state index contributed by atoms with van der Waals surface area (Å²) in [6.07, 6.45) is 2.67. The predicted molar refractivity (Wildman–Crippen MR) is 121 cm³/mol. The van der Waals surface area contributed by atoms with E-state index in [2.05, 4.69) is 17.3 Å². The van der Waals surface area contributed by atoms with Crippen molar-refractivity contribution < 1.29 is 14.3 Å². The number of methoxy groups -OCH3 is 1. The summed E-state index contributed by atoms with van der Waals surface area (Å²) in [7, 11) is 3.72. The number of fused-ring (bicyclic) bond motifs is 1. The first-order chi connectivity index (χ1) is 15.0. The van der Waals surface area contributed by atoms with Crippen molar-refractivity contribution in [3.8, 4) is 5.75 Å². The van der Waals surface area contributed by atoms with Gasteiger partial charge in [0.15, 0.2) is 0 Å². The number of carbonyl (C=O) groups is 2. The minimum atomic E-state index is -0.463. The summed E-state index contributed by atoms with van der Waals surface area (Å²) in [5.41, 5.74) is 1.31. The quantitative estimate of drug-likeness (QED) is 0.806. The summed E-state index contributed by atoms with van der Waals surface area (Å²) < 4.78 is 5.28. The Kier molecular flexibility index (Phi) is 6.28. The molecule has 2 fully saturated rings. The van der Waals surface area contributed by atoms with Gasteiger partial charge in [-0.25, -0.2) is 0 Å². The third-order valence-electron chi connectivity index (χ3n) is 6.91. The highest BCUT2D eigenvalue weighted by molar-refractivity contribution is 5.96. The van der Waals surface area contributed by atoms with Gasteiger partial charge < -0.3 is 19.9 Å². The Morgan fingerprint density at radius 1 is 1.06 bits per heavy atom. The van der Waals surface area contributed by atoms with Crippen molar-refractivity contribution in [2.45, 2.75) is 31.7 Å². The van der Waals surface area contributed by atoms with E-state index in [1.165, 1.54) is 0 Å². The monoisotopic (exact) mass is 421 g/mol. The Morgan fingerprint density at radius 3 is 2.61 bits per heavy atom. The van der Waals surface area contributed by atoms with Crippen LogP contribution in [0.4, 0.5) is 5.69 Å². The minimum Gasteiger partial charge on any atom is -0.497 e. The van der Waals surface area contributed by atoms with E-state index in [9.17, 15) is 9.59 Å². The van der Waals surface area contributed by atoms with Crippen LogP contribution in [-0.4, -0.2) is 61.4 Å². The lowest BCUT2D eigenvalue weighted by Crippen LogP contribution is -2.46. The third-order valence-corrected chi connectivity index (χ3v) is 6.91. The first kappa shape index (κ1) is 21.4. The molecule has 6 nitrogen and oxygen atoms in total. The van der Waals surface area contributed by atoms with Gasteiger partial charge in [-0.2, -0.15) is 0 Å². The van der Waals surface area contributed by atoms with Crippen molar-refractivity contribution in [3.05, 3.63) is 60.2 Å². The Balaban J connectivity index is 1.48. The fraction of sp³-hybridized carbons (Fsp3) is 0.440. The van der Waals surface area contributed by atoms with Crippen LogP contribution in [-0.2, 0) is 16.0 Å². The number of ether oxygens (including phenoxy) is 1. The summed E-state index contributed by atoms with van der Waals surface area (Å²) in [5.74, 6) is 0.943. The SMILES string of the molecule is COc1cccc(CC(=O)N2CC[C@@H]3N(C)CC[C@]3(C(=O)Nc3ccccc3)CC2)c1. The third kappa shape index (κ3) is 4.44. The molecule has 31 heavy (non-hydrogen) atoms. The van der Waals surface area contributed by atoms with Crippen LogP contribution in [0.1, 0.15) is 24.8 Å². The maximum atomic E-state index is 13.5. The van der Waals surface area contributed by atoms with E-state index < -0.39 is 5.41 Å². The van der Waals surface area contributed by atoms with Crippen molar-refractivity contribution in [2.75, 3.05) is 39.1 Å². The van der Waals surface area contributed by atoms with Crippen molar-refractivity contribution in [2.24, 2.45) is 5.41 Å². The van der Waals surface area contributed by atoms with Gasteiger partial charge in [-0.3, -0.25) is 9.59 Å². The number of carbonyl (C=O) groups excluding carboxylic acids is 2. The second kappa shape index (κ2) is 9.10. The molecule has 1 N–H and O–H groups in total. The number of rotatable bonds is 5. The number of likely N-dealkylation sites (tertiary alicyclic amines) is 2. The number of hydrogen-bond acceptors (Lipinski definition) is 4. The van der Waals surface area contributed by atoms with E-state index in [1.807, 2.05) is 59.5 Å². The van der Waals surface area contributed by atoms with Gasteiger partial charge in [-0.1, -0.05) is 30.3 Å². The van der Waals surface area contributed by atoms with Crippen molar-refractivity contribution in [3.63, 3.8) is 0 Å². The molecule has 0 radical (unpaired) electrons.